The molecule has 0 bridgehead atoms. The van der Waals surface area contributed by atoms with Gasteiger partial charge in [0.1, 0.15) is 5.82 Å². The largest absolute Gasteiger partial charge is 0.346 e. The van der Waals surface area contributed by atoms with Crippen LogP contribution in [0.1, 0.15) is 28.9 Å². The summed E-state index contributed by atoms with van der Waals surface area (Å²) in [5.74, 6) is -2.98. The van der Waals surface area contributed by atoms with Crippen LogP contribution < -0.4 is 5.32 Å². The Morgan fingerprint density at radius 1 is 1.00 bits per heavy atom. The summed E-state index contributed by atoms with van der Waals surface area (Å²) in [4.78, 5) is 11.9. The number of rotatable bonds is 3. The molecule has 5 heteroatoms. The van der Waals surface area contributed by atoms with E-state index in [9.17, 15) is 18.0 Å². The van der Waals surface area contributed by atoms with Gasteiger partial charge < -0.3 is 5.32 Å². The van der Waals surface area contributed by atoms with Gasteiger partial charge in [0, 0.05) is 5.56 Å². The minimum atomic E-state index is -1.08. The third-order valence-corrected chi connectivity index (χ3v) is 2.90. The number of hydrogen-bond acceptors (Lipinski definition) is 1. The topological polar surface area (TPSA) is 29.1 Å². The number of nitrogens with one attached hydrogen (secondary N) is 1. The van der Waals surface area contributed by atoms with Gasteiger partial charge in [0.15, 0.2) is 11.6 Å². The summed E-state index contributed by atoms with van der Waals surface area (Å²) < 4.78 is 38.6. The molecule has 2 aromatic rings. The zero-order valence-electron chi connectivity index (χ0n) is 10.7. The van der Waals surface area contributed by atoms with Crippen molar-refractivity contribution in [1.29, 1.82) is 0 Å². The number of halogens is 3. The third-order valence-electron chi connectivity index (χ3n) is 2.90. The first-order chi connectivity index (χ1) is 9.47. The highest BCUT2D eigenvalue weighted by Gasteiger charge is 2.13. The summed E-state index contributed by atoms with van der Waals surface area (Å²) in [5.41, 5.74) is 0.736. The molecular weight excluding hydrogens is 267 g/mol. The van der Waals surface area contributed by atoms with Crippen LogP contribution in [-0.4, -0.2) is 5.91 Å². The maximum absolute atomic E-state index is 13.0. The molecule has 1 unspecified atom stereocenters. The molecule has 104 valence electrons. The summed E-state index contributed by atoms with van der Waals surface area (Å²) in [6, 6.07) is 8.22. The Labute approximate surface area is 114 Å². The molecule has 1 atom stereocenters. The fourth-order valence-electron chi connectivity index (χ4n) is 1.75. The number of benzene rings is 2. The van der Waals surface area contributed by atoms with Crippen molar-refractivity contribution in [1.82, 2.24) is 5.32 Å². The molecule has 0 saturated carbocycles. The van der Waals surface area contributed by atoms with E-state index in [2.05, 4.69) is 5.32 Å². The van der Waals surface area contributed by atoms with E-state index in [0.717, 1.165) is 12.1 Å². The molecular formula is C15H12F3NO. The Balaban J connectivity index is 2.10. The van der Waals surface area contributed by atoms with Crippen LogP contribution in [0, 0.1) is 17.5 Å². The first kappa shape index (κ1) is 14.1. The van der Waals surface area contributed by atoms with Crippen LogP contribution in [0.4, 0.5) is 13.2 Å². The van der Waals surface area contributed by atoms with Crippen LogP contribution >= 0.6 is 0 Å². The lowest BCUT2D eigenvalue weighted by Gasteiger charge is -2.14. The zero-order valence-corrected chi connectivity index (χ0v) is 10.7. The van der Waals surface area contributed by atoms with Gasteiger partial charge in [-0.15, -0.1) is 0 Å². The van der Waals surface area contributed by atoms with Crippen LogP contribution in [-0.2, 0) is 0 Å². The van der Waals surface area contributed by atoms with Crippen LogP contribution in [0.15, 0.2) is 42.5 Å². The molecule has 0 radical (unpaired) electrons. The number of hydrogen-bond donors (Lipinski definition) is 1. The number of amides is 1. The quantitative estimate of drug-likeness (QED) is 0.914. The predicted octanol–water partition coefficient (Wildman–Crippen LogP) is 3.59. The molecule has 0 aliphatic rings. The van der Waals surface area contributed by atoms with E-state index < -0.39 is 17.5 Å². The molecule has 2 aromatic carbocycles. The Bertz CT molecular complexity index is 626. The van der Waals surface area contributed by atoms with Gasteiger partial charge >= 0.3 is 0 Å². The van der Waals surface area contributed by atoms with E-state index in [1.807, 2.05) is 0 Å². The molecule has 2 rings (SSSR count). The lowest BCUT2D eigenvalue weighted by molar-refractivity contribution is 0.0939. The highest BCUT2D eigenvalue weighted by atomic mass is 19.2. The molecule has 0 spiro atoms. The van der Waals surface area contributed by atoms with Crippen LogP contribution in [0.5, 0.6) is 0 Å². The lowest BCUT2D eigenvalue weighted by Crippen LogP contribution is -2.26. The summed E-state index contributed by atoms with van der Waals surface area (Å²) in [6.07, 6.45) is 0. The molecule has 0 heterocycles. The Kier molecular flexibility index (Phi) is 4.08. The van der Waals surface area contributed by atoms with E-state index in [0.29, 0.717) is 5.56 Å². The molecule has 1 amide bonds. The monoisotopic (exact) mass is 279 g/mol. The van der Waals surface area contributed by atoms with Gasteiger partial charge in [-0.3, -0.25) is 4.79 Å². The minimum absolute atomic E-state index is 0.0258. The average Bonchev–Trinajstić information content (AvgIpc) is 2.42. The van der Waals surface area contributed by atoms with Crippen molar-refractivity contribution in [3.8, 4) is 0 Å². The lowest BCUT2D eigenvalue weighted by atomic mass is 10.1. The van der Waals surface area contributed by atoms with Gasteiger partial charge in [0.2, 0.25) is 0 Å². The second-order valence-corrected chi connectivity index (χ2v) is 4.38. The average molecular weight is 279 g/mol. The second-order valence-electron chi connectivity index (χ2n) is 4.38. The van der Waals surface area contributed by atoms with Crippen molar-refractivity contribution in [2.24, 2.45) is 0 Å². The SMILES string of the molecule is CC(NC(=O)c1ccc(F)c(F)c1)c1ccc(F)cc1. The summed E-state index contributed by atoms with van der Waals surface area (Å²) in [5, 5.41) is 2.63. The summed E-state index contributed by atoms with van der Waals surface area (Å²) >= 11 is 0. The molecule has 20 heavy (non-hydrogen) atoms. The maximum atomic E-state index is 13.0. The van der Waals surface area contributed by atoms with Crippen molar-refractivity contribution >= 4 is 5.91 Å². The van der Waals surface area contributed by atoms with Gasteiger partial charge in [-0.05, 0) is 42.8 Å². The normalized spacial score (nSPS) is 12.0. The van der Waals surface area contributed by atoms with Gasteiger partial charge in [-0.2, -0.15) is 0 Å². The van der Waals surface area contributed by atoms with Gasteiger partial charge in [-0.1, -0.05) is 12.1 Å². The van der Waals surface area contributed by atoms with Crippen LogP contribution in [0.2, 0.25) is 0 Å². The standard InChI is InChI=1S/C15H12F3NO/c1-9(10-2-5-12(16)6-3-10)19-15(20)11-4-7-13(17)14(18)8-11/h2-9H,1H3,(H,19,20). The van der Waals surface area contributed by atoms with Crippen molar-refractivity contribution in [3.63, 3.8) is 0 Å². The smallest absolute Gasteiger partial charge is 0.251 e. The molecule has 0 aliphatic carbocycles. The van der Waals surface area contributed by atoms with Crippen LogP contribution in [0.3, 0.4) is 0 Å². The molecule has 1 N–H and O–H groups in total. The second kappa shape index (κ2) is 5.77. The molecule has 0 fully saturated rings. The molecule has 0 aliphatic heterocycles. The van der Waals surface area contributed by atoms with E-state index in [1.165, 1.54) is 18.2 Å². The highest BCUT2D eigenvalue weighted by Crippen LogP contribution is 2.15. The minimum Gasteiger partial charge on any atom is -0.346 e. The fourth-order valence-corrected chi connectivity index (χ4v) is 1.75. The van der Waals surface area contributed by atoms with E-state index in [4.69, 9.17) is 0 Å². The zero-order chi connectivity index (χ0) is 14.7. The van der Waals surface area contributed by atoms with Gasteiger partial charge in [0.25, 0.3) is 5.91 Å². The van der Waals surface area contributed by atoms with Crippen molar-refractivity contribution < 1.29 is 18.0 Å². The first-order valence-electron chi connectivity index (χ1n) is 5.99. The Morgan fingerprint density at radius 2 is 1.65 bits per heavy atom. The Morgan fingerprint density at radius 3 is 2.25 bits per heavy atom. The fraction of sp³-hybridized carbons (Fsp3) is 0.133. The molecule has 2 nitrogen and oxygen atoms in total. The number of carbonyl (C=O) groups is 1. The number of carbonyl (C=O) groups excluding carboxylic acids is 1. The third kappa shape index (κ3) is 3.17. The summed E-state index contributed by atoms with van der Waals surface area (Å²) in [6.45, 7) is 1.71. The van der Waals surface area contributed by atoms with Gasteiger partial charge in [-0.25, -0.2) is 13.2 Å². The van der Waals surface area contributed by atoms with Crippen molar-refractivity contribution in [2.45, 2.75) is 13.0 Å². The van der Waals surface area contributed by atoms with E-state index in [-0.39, 0.29) is 17.4 Å². The van der Waals surface area contributed by atoms with Crippen molar-refractivity contribution in [3.05, 3.63) is 71.0 Å². The van der Waals surface area contributed by atoms with Crippen LogP contribution in [0.25, 0.3) is 0 Å². The predicted molar refractivity (Wildman–Crippen MR) is 68.6 cm³/mol. The van der Waals surface area contributed by atoms with E-state index >= 15 is 0 Å². The van der Waals surface area contributed by atoms with Crippen molar-refractivity contribution in [2.75, 3.05) is 0 Å². The van der Waals surface area contributed by atoms with Gasteiger partial charge in [0.05, 0.1) is 6.04 Å². The molecule has 0 saturated heterocycles. The first-order valence-corrected chi connectivity index (χ1v) is 5.99. The molecule has 0 aromatic heterocycles. The summed E-state index contributed by atoms with van der Waals surface area (Å²) in [7, 11) is 0. The Hall–Kier alpha value is -2.30. The van der Waals surface area contributed by atoms with E-state index in [1.54, 1.807) is 19.1 Å². The maximum Gasteiger partial charge on any atom is 0.251 e. The highest BCUT2D eigenvalue weighted by molar-refractivity contribution is 5.94.